The van der Waals surface area contributed by atoms with Gasteiger partial charge >= 0.3 is 0 Å². The molecular formula is C18H20BrN3OS. The molecule has 1 aromatic heterocycles. The zero-order valence-electron chi connectivity index (χ0n) is 13.6. The lowest BCUT2D eigenvalue weighted by Gasteiger charge is -2.16. The third-order valence-electron chi connectivity index (χ3n) is 3.96. The largest absolute Gasteiger partial charge is 0.357 e. The van der Waals surface area contributed by atoms with Crippen LogP contribution < -0.4 is 10.2 Å². The summed E-state index contributed by atoms with van der Waals surface area (Å²) in [4.78, 5) is 20.0. The summed E-state index contributed by atoms with van der Waals surface area (Å²) in [5.74, 6) is 1.36. The molecule has 2 heterocycles. The second-order valence-electron chi connectivity index (χ2n) is 5.85. The minimum atomic E-state index is -0.0157. The number of nitrogens with zero attached hydrogens (tertiary/aromatic N) is 2. The molecule has 0 radical (unpaired) electrons. The van der Waals surface area contributed by atoms with E-state index in [4.69, 9.17) is 0 Å². The van der Waals surface area contributed by atoms with Gasteiger partial charge < -0.3 is 10.2 Å². The van der Waals surface area contributed by atoms with E-state index in [1.165, 1.54) is 18.4 Å². The first-order valence-electron chi connectivity index (χ1n) is 8.01. The zero-order valence-corrected chi connectivity index (χ0v) is 16.0. The fraction of sp³-hybridized carbons (Fsp3) is 0.333. The molecule has 3 rings (SSSR count). The van der Waals surface area contributed by atoms with Gasteiger partial charge in [-0.05, 0) is 55.7 Å². The number of halogens is 1. The zero-order chi connectivity index (χ0) is 16.9. The monoisotopic (exact) mass is 405 g/mol. The molecule has 1 amide bonds. The van der Waals surface area contributed by atoms with Gasteiger partial charge in [-0.15, -0.1) is 11.8 Å². The molecule has 0 saturated carbocycles. The SMILES string of the molecule is Cc1cc(Br)ccc1SCC(=O)Nc1ccc(N2CCCC2)nc1. The average Bonchev–Trinajstić information content (AvgIpc) is 3.09. The van der Waals surface area contributed by atoms with Crippen molar-refractivity contribution in [2.24, 2.45) is 0 Å². The van der Waals surface area contributed by atoms with E-state index in [0.717, 1.165) is 34.0 Å². The van der Waals surface area contributed by atoms with Gasteiger partial charge in [-0.3, -0.25) is 4.79 Å². The fourth-order valence-electron chi connectivity index (χ4n) is 2.71. The Morgan fingerprint density at radius 2 is 2.08 bits per heavy atom. The summed E-state index contributed by atoms with van der Waals surface area (Å²) in [6.45, 7) is 4.19. The first kappa shape index (κ1) is 17.3. The molecule has 2 aromatic rings. The number of hydrogen-bond acceptors (Lipinski definition) is 4. The number of amides is 1. The van der Waals surface area contributed by atoms with Crippen molar-refractivity contribution in [3.63, 3.8) is 0 Å². The maximum absolute atomic E-state index is 12.1. The predicted octanol–water partition coefficient (Wildman–Crippen LogP) is 4.48. The Morgan fingerprint density at radius 1 is 1.29 bits per heavy atom. The van der Waals surface area contributed by atoms with Gasteiger partial charge in [0.25, 0.3) is 0 Å². The van der Waals surface area contributed by atoms with Crippen molar-refractivity contribution in [2.75, 3.05) is 29.1 Å². The van der Waals surface area contributed by atoms with Crippen molar-refractivity contribution >= 4 is 45.1 Å². The van der Waals surface area contributed by atoms with Crippen LogP contribution in [0.1, 0.15) is 18.4 Å². The van der Waals surface area contributed by atoms with Crippen LogP contribution in [0.15, 0.2) is 45.9 Å². The van der Waals surface area contributed by atoms with E-state index < -0.39 is 0 Å². The normalized spacial score (nSPS) is 14.0. The highest BCUT2D eigenvalue weighted by Gasteiger charge is 2.13. The highest BCUT2D eigenvalue weighted by atomic mass is 79.9. The molecule has 1 aliphatic rings. The summed E-state index contributed by atoms with van der Waals surface area (Å²) < 4.78 is 1.05. The molecule has 126 valence electrons. The van der Waals surface area contributed by atoms with Crippen LogP contribution in [0, 0.1) is 6.92 Å². The van der Waals surface area contributed by atoms with Crippen LogP contribution in [0.5, 0.6) is 0 Å². The van der Waals surface area contributed by atoms with E-state index >= 15 is 0 Å². The van der Waals surface area contributed by atoms with Crippen molar-refractivity contribution in [2.45, 2.75) is 24.7 Å². The highest BCUT2D eigenvalue weighted by Crippen LogP contribution is 2.25. The van der Waals surface area contributed by atoms with Gasteiger partial charge in [0, 0.05) is 22.5 Å². The number of nitrogens with one attached hydrogen (secondary N) is 1. The Labute approximate surface area is 155 Å². The fourth-order valence-corrected chi connectivity index (χ4v) is 3.99. The van der Waals surface area contributed by atoms with Crippen molar-refractivity contribution in [3.8, 4) is 0 Å². The average molecular weight is 406 g/mol. The minimum absolute atomic E-state index is 0.0157. The lowest BCUT2D eigenvalue weighted by Crippen LogP contribution is -2.19. The van der Waals surface area contributed by atoms with Gasteiger partial charge in [0.05, 0.1) is 17.6 Å². The maximum atomic E-state index is 12.1. The number of pyridine rings is 1. The van der Waals surface area contributed by atoms with Gasteiger partial charge in [0.15, 0.2) is 0 Å². The summed E-state index contributed by atoms with van der Waals surface area (Å²) in [6.07, 6.45) is 4.20. The lowest BCUT2D eigenvalue weighted by molar-refractivity contribution is -0.113. The third-order valence-corrected chi connectivity index (χ3v) is 5.63. The van der Waals surface area contributed by atoms with Crippen molar-refractivity contribution in [3.05, 3.63) is 46.6 Å². The Morgan fingerprint density at radius 3 is 2.75 bits per heavy atom. The molecular weight excluding hydrogens is 386 g/mol. The van der Waals surface area contributed by atoms with Gasteiger partial charge in [-0.2, -0.15) is 0 Å². The van der Waals surface area contributed by atoms with Crippen molar-refractivity contribution in [1.82, 2.24) is 4.98 Å². The smallest absolute Gasteiger partial charge is 0.234 e. The quantitative estimate of drug-likeness (QED) is 0.744. The molecule has 0 atom stereocenters. The topological polar surface area (TPSA) is 45.2 Å². The van der Waals surface area contributed by atoms with Crippen LogP contribution in [0.3, 0.4) is 0 Å². The molecule has 1 aliphatic heterocycles. The van der Waals surface area contributed by atoms with Gasteiger partial charge in [-0.25, -0.2) is 4.98 Å². The number of thioether (sulfide) groups is 1. The molecule has 1 fully saturated rings. The second-order valence-corrected chi connectivity index (χ2v) is 7.78. The molecule has 1 N–H and O–H groups in total. The molecule has 0 spiro atoms. The molecule has 1 aromatic carbocycles. The number of aryl methyl sites for hydroxylation is 1. The van der Waals surface area contributed by atoms with Crippen LogP contribution in [0.2, 0.25) is 0 Å². The summed E-state index contributed by atoms with van der Waals surface area (Å²) in [5.41, 5.74) is 1.91. The number of benzene rings is 1. The van der Waals surface area contributed by atoms with E-state index in [1.54, 1.807) is 18.0 Å². The Kier molecular flexibility index (Phi) is 5.79. The van der Waals surface area contributed by atoms with E-state index in [1.807, 2.05) is 31.2 Å². The number of rotatable bonds is 5. The molecule has 1 saturated heterocycles. The Hall–Kier alpha value is -1.53. The Balaban J connectivity index is 1.52. The summed E-state index contributed by atoms with van der Waals surface area (Å²) in [6, 6.07) is 9.99. The maximum Gasteiger partial charge on any atom is 0.234 e. The van der Waals surface area contributed by atoms with Crippen LogP contribution in [-0.4, -0.2) is 29.7 Å². The third kappa shape index (κ3) is 4.51. The number of carbonyl (C=O) groups is 1. The van der Waals surface area contributed by atoms with E-state index in [-0.39, 0.29) is 5.91 Å². The molecule has 4 nitrogen and oxygen atoms in total. The predicted molar refractivity (Wildman–Crippen MR) is 104 cm³/mol. The lowest BCUT2D eigenvalue weighted by atomic mass is 10.2. The molecule has 6 heteroatoms. The minimum Gasteiger partial charge on any atom is -0.357 e. The van der Waals surface area contributed by atoms with E-state index in [9.17, 15) is 4.79 Å². The molecule has 0 unspecified atom stereocenters. The van der Waals surface area contributed by atoms with Crippen molar-refractivity contribution < 1.29 is 4.79 Å². The van der Waals surface area contributed by atoms with Gasteiger partial charge in [-0.1, -0.05) is 15.9 Å². The van der Waals surface area contributed by atoms with Crippen molar-refractivity contribution in [1.29, 1.82) is 0 Å². The number of carbonyl (C=O) groups excluding carboxylic acids is 1. The first-order valence-corrected chi connectivity index (χ1v) is 9.79. The number of anilines is 2. The van der Waals surface area contributed by atoms with E-state index in [2.05, 4.69) is 37.2 Å². The number of hydrogen-bond donors (Lipinski definition) is 1. The Bertz CT molecular complexity index is 715. The van der Waals surface area contributed by atoms with E-state index in [0.29, 0.717) is 5.75 Å². The van der Waals surface area contributed by atoms with Gasteiger partial charge in [0.2, 0.25) is 5.91 Å². The standard InChI is InChI=1S/C18H20BrN3OS/c1-13-10-14(19)4-6-16(13)24-12-18(23)21-15-5-7-17(20-11-15)22-8-2-3-9-22/h4-7,10-11H,2-3,8-9,12H2,1H3,(H,21,23). The second kappa shape index (κ2) is 8.03. The summed E-state index contributed by atoms with van der Waals surface area (Å²) in [7, 11) is 0. The molecule has 0 aliphatic carbocycles. The van der Waals surface area contributed by atoms with Crippen LogP contribution in [0.25, 0.3) is 0 Å². The first-order chi connectivity index (χ1) is 11.6. The summed E-state index contributed by atoms with van der Waals surface area (Å²) in [5, 5.41) is 2.91. The highest BCUT2D eigenvalue weighted by molar-refractivity contribution is 9.10. The van der Waals surface area contributed by atoms with Crippen LogP contribution in [0.4, 0.5) is 11.5 Å². The van der Waals surface area contributed by atoms with Gasteiger partial charge in [0.1, 0.15) is 5.82 Å². The van der Waals surface area contributed by atoms with Crippen LogP contribution >= 0.6 is 27.7 Å². The molecule has 24 heavy (non-hydrogen) atoms. The number of aromatic nitrogens is 1. The molecule has 0 bridgehead atoms. The van der Waals surface area contributed by atoms with Crippen LogP contribution in [-0.2, 0) is 4.79 Å². The summed E-state index contributed by atoms with van der Waals surface area (Å²) >= 11 is 5.00.